The van der Waals surface area contributed by atoms with E-state index in [1.54, 1.807) is 18.2 Å². The van der Waals surface area contributed by atoms with Gasteiger partial charge in [-0.05, 0) is 29.8 Å². The number of hydrogen-bond donors (Lipinski definition) is 1. The second-order valence-electron chi connectivity index (χ2n) is 4.04. The Morgan fingerprint density at radius 2 is 1.95 bits per heavy atom. The molecule has 5 nitrogen and oxygen atoms in total. The van der Waals surface area contributed by atoms with Crippen molar-refractivity contribution in [3.05, 3.63) is 65.0 Å². The third kappa shape index (κ3) is 3.18. The van der Waals surface area contributed by atoms with Crippen LogP contribution >= 0.6 is 0 Å². The van der Waals surface area contributed by atoms with Crippen molar-refractivity contribution in [3.8, 4) is 12.1 Å². The molecule has 1 N–H and O–H groups in total. The van der Waals surface area contributed by atoms with E-state index in [4.69, 9.17) is 10.5 Å². The van der Waals surface area contributed by atoms with Gasteiger partial charge in [0.1, 0.15) is 11.8 Å². The van der Waals surface area contributed by atoms with Crippen molar-refractivity contribution in [1.29, 1.82) is 10.5 Å². The maximum Gasteiger partial charge on any atom is 0.270 e. The first-order valence-electron chi connectivity index (χ1n) is 5.86. The number of nitrogens with one attached hydrogen (secondary N) is 1. The van der Waals surface area contributed by atoms with Crippen LogP contribution in [0.3, 0.4) is 0 Å². The highest BCUT2D eigenvalue weighted by atomic mass is 16.1. The summed E-state index contributed by atoms with van der Waals surface area (Å²) in [6.07, 6.45) is 1.35. The average Bonchev–Trinajstić information content (AvgIpc) is 2.53. The third-order valence-corrected chi connectivity index (χ3v) is 2.63. The highest BCUT2D eigenvalue weighted by Crippen LogP contribution is 2.04. The van der Waals surface area contributed by atoms with Crippen LogP contribution in [0.4, 0.5) is 0 Å². The molecule has 0 aliphatic carbocycles. The van der Waals surface area contributed by atoms with E-state index in [9.17, 15) is 4.79 Å². The van der Waals surface area contributed by atoms with Crippen molar-refractivity contribution in [2.24, 2.45) is 0 Å². The van der Waals surface area contributed by atoms with Gasteiger partial charge in [0.15, 0.2) is 0 Å². The number of carbonyl (C=O) groups is 1. The Hall–Kier alpha value is -3.18. The van der Waals surface area contributed by atoms with Crippen molar-refractivity contribution < 1.29 is 4.79 Å². The first-order chi connectivity index (χ1) is 9.72. The molecule has 0 saturated heterocycles. The molecule has 0 fully saturated rings. The molecule has 96 valence electrons. The summed E-state index contributed by atoms with van der Waals surface area (Å²) in [4.78, 5) is 15.8. The Balaban J connectivity index is 2.01. The summed E-state index contributed by atoms with van der Waals surface area (Å²) in [5.41, 5.74) is 2.04. The van der Waals surface area contributed by atoms with E-state index in [0.717, 1.165) is 5.56 Å². The minimum Gasteiger partial charge on any atom is -0.347 e. The summed E-state index contributed by atoms with van der Waals surface area (Å²) >= 11 is 0. The number of carbonyl (C=O) groups excluding carboxylic acids is 1. The zero-order valence-corrected chi connectivity index (χ0v) is 10.5. The summed E-state index contributed by atoms with van der Waals surface area (Å²) in [6, 6.07) is 14.0. The van der Waals surface area contributed by atoms with Crippen molar-refractivity contribution in [2.45, 2.75) is 6.54 Å². The lowest BCUT2D eigenvalue weighted by molar-refractivity contribution is 0.0946. The number of aromatic nitrogens is 1. The van der Waals surface area contributed by atoms with E-state index in [1.165, 1.54) is 18.3 Å². The van der Waals surface area contributed by atoms with E-state index in [0.29, 0.717) is 17.7 Å². The quantitative estimate of drug-likeness (QED) is 0.912. The molecule has 2 aromatic rings. The van der Waals surface area contributed by atoms with Gasteiger partial charge in [0, 0.05) is 12.7 Å². The fourth-order valence-electron chi connectivity index (χ4n) is 1.62. The Morgan fingerprint density at radius 3 is 2.60 bits per heavy atom. The van der Waals surface area contributed by atoms with Crippen molar-refractivity contribution in [2.75, 3.05) is 0 Å². The standard InChI is InChI=1S/C15H10N4O/c16-7-11-2-1-3-12(6-11)9-19-15(20)14-5-4-13(8-17)10-18-14/h1-6,10H,9H2,(H,19,20). The topological polar surface area (TPSA) is 89.6 Å². The first kappa shape index (κ1) is 13.3. The van der Waals surface area contributed by atoms with Crippen molar-refractivity contribution >= 4 is 5.91 Å². The van der Waals surface area contributed by atoms with Crippen LogP contribution in [0.1, 0.15) is 27.2 Å². The van der Waals surface area contributed by atoms with Crippen molar-refractivity contribution in [1.82, 2.24) is 10.3 Å². The zero-order chi connectivity index (χ0) is 14.4. The van der Waals surface area contributed by atoms with Gasteiger partial charge in [-0.25, -0.2) is 4.98 Å². The molecule has 0 aliphatic heterocycles. The maximum absolute atomic E-state index is 11.9. The molecule has 1 heterocycles. The highest BCUT2D eigenvalue weighted by molar-refractivity contribution is 5.92. The lowest BCUT2D eigenvalue weighted by Gasteiger charge is -2.05. The van der Waals surface area contributed by atoms with E-state index in [1.807, 2.05) is 18.2 Å². The molecular weight excluding hydrogens is 252 g/mol. The number of benzene rings is 1. The summed E-state index contributed by atoms with van der Waals surface area (Å²) < 4.78 is 0. The smallest absolute Gasteiger partial charge is 0.270 e. The van der Waals surface area contributed by atoms with E-state index >= 15 is 0 Å². The molecule has 0 saturated carbocycles. The van der Waals surface area contributed by atoms with Crippen LogP contribution in [-0.2, 0) is 6.54 Å². The molecule has 2 rings (SSSR count). The Bertz CT molecular complexity index is 708. The summed E-state index contributed by atoms with van der Waals surface area (Å²) in [7, 11) is 0. The number of hydrogen-bond acceptors (Lipinski definition) is 4. The van der Waals surface area contributed by atoms with E-state index < -0.39 is 0 Å². The number of amides is 1. The van der Waals surface area contributed by atoms with Gasteiger partial charge >= 0.3 is 0 Å². The molecule has 20 heavy (non-hydrogen) atoms. The third-order valence-electron chi connectivity index (χ3n) is 2.63. The summed E-state index contributed by atoms with van der Waals surface area (Å²) in [5, 5.41) is 20.2. The molecule has 0 atom stereocenters. The normalized spacial score (nSPS) is 9.30. The van der Waals surface area contributed by atoms with Crippen LogP contribution in [0.15, 0.2) is 42.6 Å². The minimum atomic E-state index is -0.322. The predicted octanol–water partition coefficient (Wildman–Crippen LogP) is 1.75. The number of rotatable bonds is 3. The average molecular weight is 262 g/mol. The minimum absolute atomic E-state index is 0.250. The first-order valence-corrected chi connectivity index (χ1v) is 5.86. The van der Waals surface area contributed by atoms with Gasteiger partial charge in [-0.1, -0.05) is 12.1 Å². The molecule has 1 aromatic heterocycles. The predicted molar refractivity (Wildman–Crippen MR) is 71.3 cm³/mol. The molecule has 0 radical (unpaired) electrons. The van der Waals surface area contributed by atoms with Gasteiger partial charge in [-0.3, -0.25) is 4.79 Å². The molecule has 0 unspecified atom stereocenters. The lowest BCUT2D eigenvalue weighted by atomic mass is 10.1. The lowest BCUT2D eigenvalue weighted by Crippen LogP contribution is -2.23. The number of pyridine rings is 1. The van der Waals surface area contributed by atoms with Crippen LogP contribution in [0.5, 0.6) is 0 Å². The number of nitriles is 2. The van der Waals surface area contributed by atoms with Gasteiger partial charge in [0.2, 0.25) is 0 Å². The summed E-state index contributed by atoms with van der Waals surface area (Å²) in [5.74, 6) is -0.322. The largest absolute Gasteiger partial charge is 0.347 e. The van der Waals surface area contributed by atoms with Crippen LogP contribution < -0.4 is 5.32 Å². The second kappa shape index (κ2) is 6.12. The van der Waals surface area contributed by atoms with Crippen LogP contribution in [0, 0.1) is 22.7 Å². The van der Waals surface area contributed by atoms with Crippen LogP contribution in [0.2, 0.25) is 0 Å². The molecule has 0 spiro atoms. The van der Waals surface area contributed by atoms with Gasteiger partial charge in [0.25, 0.3) is 5.91 Å². The highest BCUT2D eigenvalue weighted by Gasteiger charge is 2.06. The Labute approximate surface area is 116 Å². The van der Waals surface area contributed by atoms with Gasteiger partial charge in [0.05, 0.1) is 17.2 Å². The molecule has 5 heteroatoms. The van der Waals surface area contributed by atoms with Crippen LogP contribution in [0.25, 0.3) is 0 Å². The molecule has 0 aliphatic rings. The van der Waals surface area contributed by atoms with E-state index in [2.05, 4.69) is 10.3 Å². The zero-order valence-electron chi connectivity index (χ0n) is 10.5. The Morgan fingerprint density at radius 1 is 1.15 bits per heavy atom. The maximum atomic E-state index is 11.9. The van der Waals surface area contributed by atoms with Gasteiger partial charge < -0.3 is 5.32 Å². The Kier molecular flexibility index (Phi) is 4.06. The van der Waals surface area contributed by atoms with Crippen LogP contribution in [-0.4, -0.2) is 10.9 Å². The molecule has 0 bridgehead atoms. The fourth-order valence-corrected chi connectivity index (χ4v) is 1.62. The van der Waals surface area contributed by atoms with Gasteiger partial charge in [-0.2, -0.15) is 10.5 Å². The fraction of sp³-hybridized carbons (Fsp3) is 0.0667. The van der Waals surface area contributed by atoms with E-state index in [-0.39, 0.29) is 11.6 Å². The van der Waals surface area contributed by atoms with Crippen molar-refractivity contribution in [3.63, 3.8) is 0 Å². The second-order valence-corrected chi connectivity index (χ2v) is 4.04. The number of nitrogens with zero attached hydrogens (tertiary/aromatic N) is 3. The molecular formula is C15H10N4O. The van der Waals surface area contributed by atoms with Gasteiger partial charge in [-0.15, -0.1) is 0 Å². The monoisotopic (exact) mass is 262 g/mol. The summed E-state index contributed by atoms with van der Waals surface area (Å²) in [6.45, 7) is 0.316. The molecule has 1 aromatic carbocycles. The SMILES string of the molecule is N#Cc1ccc(C(=O)NCc2cccc(C#N)c2)nc1. The molecule has 1 amide bonds.